The molecule has 0 N–H and O–H groups in total. The maximum Gasteiger partial charge on any atom is 0.254 e. The van der Waals surface area contributed by atoms with Gasteiger partial charge in [-0.25, -0.2) is 4.39 Å². The number of carbonyl (C=O) groups is 2. The Morgan fingerprint density at radius 2 is 1.73 bits per heavy atom. The third-order valence-electron chi connectivity index (χ3n) is 5.15. The van der Waals surface area contributed by atoms with Crippen LogP contribution in [0.2, 0.25) is 0 Å². The molecule has 1 aliphatic rings. The molecule has 2 amide bonds. The van der Waals surface area contributed by atoms with Crippen molar-refractivity contribution in [2.45, 2.75) is 19.8 Å². The van der Waals surface area contributed by atoms with E-state index >= 15 is 0 Å². The Labute approximate surface area is 176 Å². The summed E-state index contributed by atoms with van der Waals surface area (Å²) in [7, 11) is 1.59. The second kappa shape index (κ2) is 10.1. The highest BCUT2D eigenvalue weighted by atomic mass is 19.1. The van der Waals surface area contributed by atoms with Crippen LogP contribution >= 0.6 is 0 Å². The SMILES string of the molecule is CCOc1ccc(CCC(=O)N2CCN(C(=O)c3cccc(F)c3)CC2)cc1OC. The summed E-state index contributed by atoms with van der Waals surface area (Å²) in [5.41, 5.74) is 1.34. The van der Waals surface area contributed by atoms with Gasteiger partial charge in [-0.3, -0.25) is 9.59 Å². The number of benzene rings is 2. The van der Waals surface area contributed by atoms with Crippen molar-refractivity contribution >= 4 is 11.8 Å². The van der Waals surface area contributed by atoms with Crippen molar-refractivity contribution in [2.75, 3.05) is 39.9 Å². The van der Waals surface area contributed by atoms with Gasteiger partial charge in [0.2, 0.25) is 5.91 Å². The molecule has 1 aliphatic heterocycles. The van der Waals surface area contributed by atoms with Crippen LogP contribution in [0.1, 0.15) is 29.3 Å². The van der Waals surface area contributed by atoms with E-state index < -0.39 is 5.82 Å². The van der Waals surface area contributed by atoms with Crippen molar-refractivity contribution in [1.82, 2.24) is 9.80 Å². The summed E-state index contributed by atoms with van der Waals surface area (Å²) in [5.74, 6) is 0.768. The smallest absolute Gasteiger partial charge is 0.254 e. The Morgan fingerprint density at radius 3 is 2.40 bits per heavy atom. The molecular weight excluding hydrogens is 387 g/mol. The second-order valence-corrected chi connectivity index (χ2v) is 7.10. The van der Waals surface area contributed by atoms with Crippen molar-refractivity contribution in [3.05, 3.63) is 59.4 Å². The minimum absolute atomic E-state index is 0.0562. The lowest BCUT2D eigenvalue weighted by molar-refractivity contribution is -0.132. The molecule has 2 aromatic carbocycles. The predicted molar refractivity (Wildman–Crippen MR) is 111 cm³/mol. The summed E-state index contributed by atoms with van der Waals surface area (Å²) in [6, 6.07) is 11.4. The Morgan fingerprint density at radius 1 is 1.00 bits per heavy atom. The average molecular weight is 414 g/mol. The van der Waals surface area contributed by atoms with Gasteiger partial charge in [0.15, 0.2) is 11.5 Å². The fourth-order valence-corrected chi connectivity index (χ4v) is 3.51. The van der Waals surface area contributed by atoms with Crippen LogP contribution in [-0.2, 0) is 11.2 Å². The van der Waals surface area contributed by atoms with Crippen molar-refractivity contribution in [1.29, 1.82) is 0 Å². The molecule has 0 bridgehead atoms. The molecule has 3 rings (SSSR count). The van der Waals surface area contributed by atoms with Crippen molar-refractivity contribution in [2.24, 2.45) is 0 Å². The van der Waals surface area contributed by atoms with Crippen LogP contribution in [0.3, 0.4) is 0 Å². The molecule has 7 heteroatoms. The van der Waals surface area contributed by atoms with Gasteiger partial charge in [0.25, 0.3) is 5.91 Å². The highest BCUT2D eigenvalue weighted by Crippen LogP contribution is 2.28. The topological polar surface area (TPSA) is 59.1 Å². The molecule has 0 unspecified atom stereocenters. The number of hydrogen-bond donors (Lipinski definition) is 0. The lowest BCUT2D eigenvalue weighted by atomic mass is 10.1. The van der Waals surface area contributed by atoms with Crippen LogP contribution in [0.25, 0.3) is 0 Å². The van der Waals surface area contributed by atoms with Gasteiger partial charge in [-0.05, 0) is 49.2 Å². The molecule has 1 heterocycles. The Kier molecular flexibility index (Phi) is 7.27. The predicted octanol–water partition coefficient (Wildman–Crippen LogP) is 3.15. The summed E-state index contributed by atoms with van der Waals surface area (Å²) in [6.07, 6.45) is 0.985. The Hall–Kier alpha value is -3.09. The maximum absolute atomic E-state index is 13.4. The molecule has 160 valence electrons. The van der Waals surface area contributed by atoms with Crippen LogP contribution in [0, 0.1) is 5.82 Å². The number of nitrogens with zero attached hydrogens (tertiary/aromatic N) is 2. The average Bonchev–Trinajstić information content (AvgIpc) is 2.78. The number of piperazine rings is 1. The Bertz CT molecular complexity index is 895. The molecule has 1 fully saturated rings. The van der Waals surface area contributed by atoms with Gasteiger partial charge in [-0.2, -0.15) is 0 Å². The van der Waals surface area contributed by atoms with Crippen LogP contribution in [0.4, 0.5) is 4.39 Å². The number of aryl methyl sites for hydroxylation is 1. The van der Waals surface area contributed by atoms with Gasteiger partial charge in [0.05, 0.1) is 13.7 Å². The second-order valence-electron chi connectivity index (χ2n) is 7.10. The minimum atomic E-state index is -0.430. The van der Waals surface area contributed by atoms with E-state index in [4.69, 9.17) is 9.47 Å². The lowest BCUT2D eigenvalue weighted by Gasteiger charge is -2.35. The molecule has 2 aromatic rings. The molecule has 0 atom stereocenters. The summed E-state index contributed by atoms with van der Waals surface area (Å²) in [4.78, 5) is 28.6. The monoisotopic (exact) mass is 414 g/mol. The zero-order valence-corrected chi connectivity index (χ0v) is 17.4. The molecule has 30 heavy (non-hydrogen) atoms. The first kappa shape index (κ1) is 21.6. The van der Waals surface area contributed by atoms with Crippen molar-refractivity contribution < 1.29 is 23.5 Å². The van der Waals surface area contributed by atoms with Gasteiger partial charge in [0.1, 0.15) is 5.82 Å². The fraction of sp³-hybridized carbons (Fsp3) is 0.391. The molecule has 6 nitrogen and oxygen atoms in total. The third-order valence-corrected chi connectivity index (χ3v) is 5.15. The van der Waals surface area contributed by atoms with E-state index in [1.54, 1.807) is 23.0 Å². The summed E-state index contributed by atoms with van der Waals surface area (Å²) in [6.45, 7) is 4.31. The van der Waals surface area contributed by atoms with E-state index in [0.717, 1.165) is 5.56 Å². The standard InChI is InChI=1S/C23H27FN2O4/c1-3-30-20-9-7-17(15-21(20)29-2)8-10-22(27)25-11-13-26(14-12-25)23(28)18-5-4-6-19(24)16-18/h4-7,9,15-16H,3,8,10-14H2,1-2H3. The number of carbonyl (C=O) groups excluding carboxylic acids is 2. The molecular formula is C23H27FN2O4. The van der Waals surface area contributed by atoms with Crippen LogP contribution < -0.4 is 9.47 Å². The Balaban J connectivity index is 1.50. The van der Waals surface area contributed by atoms with Crippen molar-refractivity contribution in [3.63, 3.8) is 0 Å². The van der Waals surface area contributed by atoms with E-state index in [2.05, 4.69) is 0 Å². The highest BCUT2D eigenvalue weighted by molar-refractivity contribution is 5.94. The number of halogens is 1. The van der Waals surface area contributed by atoms with Crippen LogP contribution in [-0.4, -0.2) is 61.5 Å². The van der Waals surface area contributed by atoms with Gasteiger partial charge in [-0.15, -0.1) is 0 Å². The van der Waals surface area contributed by atoms with Gasteiger partial charge in [0, 0.05) is 38.2 Å². The van der Waals surface area contributed by atoms with Crippen molar-refractivity contribution in [3.8, 4) is 11.5 Å². The van der Waals surface area contributed by atoms with Crippen LogP contribution in [0.15, 0.2) is 42.5 Å². The largest absolute Gasteiger partial charge is 0.493 e. The number of amides is 2. The lowest BCUT2D eigenvalue weighted by Crippen LogP contribution is -2.50. The fourth-order valence-electron chi connectivity index (χ4n) is 3.51. The number of ether oxygens (including phenoxy) is 2. The first-order valence-corrected chi connectivity index (χ1v) is 10.1. The molecule has 0 aromatic heterocycles. The zero-order chi connectivity index (χ0) is 21.5. The minimum Gasteiger partial charge on any atom is -0.493 e. The van der Waals surface area contributed by atoms with Gasteiger partial charge in [-0.1, -0.05) is 12.1 Å². The number of methoxy groups -OCH3 is 1. The van der Waals surface area contributed by atoms with E-state index in [-0.39, 0.29) is 11.8 Å². The molecule has 0 saturated carbocycles. The van der Waals surface area contributed by atoms with E-state index in [1.165, 1.54) is 18.2 Å². The summed E-state index contributed by atoms with van der Waals surface area (Å²) in [5, 5.41) is 0. The van der Waals surface area contributed by atoms with E-state index in [9.17, 15) is 14.0 Å². The third kappa shape index (κ3) is 5.28. The normalized spacial score (nSPS) is 13.8. The molecule has 0 radical (unpaired) electrons. The van der Waals surface area contributed by atoms with Gasteiger partial charge >= 0.3 is 0 Å². The molecule has 0 aliphatic carbocycles. The highest BCUT2D eigenvalue weighted by Gasteiger charge is 2.25. The molecule has 0 spiro atoms. The summed E-state index contributed by atoms with van der Waals surface area (Å²) < 4.78 is 24.2. The quantitative estimate of drug-likeness (QED) is 0.698. The summed E-state index contributed by atoms with van der Waals surface area (Å²) >= 11 is 0. The van der Waals surface area contributed by atoms with Crippen LogP contribution in [0.5, 0.6) is 11.5 Å². The molecule has 1 saturated heterocycles. The first-order valence-electron chi connectivity index (χ1n) is 10.1. The number of hydrogen-bond acceptors (Lipinski definition) is 4. The van der Waals surface area contributed by atoms with E-state index in [1.807, 2.05) is 25.1 Å². The van der Waals surface area contributed by atoms with E-state index in [0.29, 0.717) is 62.7 Å². The maximum atomic E-state index is 13.4. The van der Waals surface area contributed by atoms with Gasteiger partial charge < -0.3 is 19.3 Å². The number of rotatable bonds is 7. The zero-order valence-electron chi connectivity index (χ0n) is 17.4. The first-order chi connectivity index (χ1) is 14.5.